The lowest BCUT2D eigenvalue weighted by Gasteiger charge is -1.99. The van der Waals surface area contributed by atoms with E-state index >= 15 is 0 Å². The van der Waals surface area contributed by atoms with E-state index in [-0.39, 0.29) is 4.83 Å². The predicted octanol–water partition coefficient (Wildman–Crippen LogP) is 1.59. The Morgan fingerprint density at radius 3 is 1.67 bits per heavy atom. The maximum absolute atomic E-state index is 10.2. The Morgan fingerprint density at radius 1 is 1.50 bits per heavy atom. The van der Waals surface area contributed by atoms with Crippen LogP contribution in [-0.2, 0) is 5.11 Å². The molecule has 1 radical (unpaired) electrons. The van der Waals surface area contributed by atoms with Gasteiger partial charge in [0.05, 0.1) is 0 Å². The number of rotatable bonds is 1. The molecule has 0 aliphatic rings. The van der Waals surface area contributed by atoms with E-state index in [1.54, 1.807) is 6.92 Å². The van der Waals surface area contributed by atoms with Crippen LogP contribution >= 0.6 is 15.9 Å². The van der Waals surface area contributed by atoms with Gasteiger partial charge in [-0.3, -0.25) is 0 Å². The van der Waals surface area contributed by atoms with Crippen molar-refractivity contribution in [2.45, 2.75) is 24.8 Å². The lowest BCUT2D eigenvalue weighted by molar-refractivity contribution is 0.108. The van der Waals surface area contributed by atoms with Gasteiger partial charge in [-0.05, 0) is 6.92 Å². The molecule has 2 atom stereocenters. The van der Waals surface area contributed by atoms with Crippen molar-refractivity contribution in [3.05, 3.63) is 0 Å². The van der Waals surface area contributed by atoms with Gasteiger partial charge < -0.3 is 0 Å². The molecule has 0 N–H and O–H groups in total. The van der Waals surface area contributed by atoms with Crippen molar-refractivity contribution >= 4 is 15.9 Å². The maximum atomic E-state index is 10.2. The molecule has 1 nitrogen and oxygen atoms in total. The van der Waals surface area contributed by atoms with Gasteiger partial charge in [0.2, 0.25) is 0 Å². The van der Waals surface area contributed by atoms with Gasteiger partial charge in [0, 0.05) is 4.83 Å². The van der Waals surface area contributed by atoms with Crippen LogP contribution in [0.3, 0.4) is 0 Å². The molecule has 0 rings (SSSR count). The Hall–Kier alpha value is 0.440. The van der Waals surface area contributed by atoms with Gasteiger partial charge >= 0.3 is 0 Å². The van der Waals surface area contributed by atoms with Gasteiger partial charge in [-0.1, -0.05) is 22.9 Å². The van der Waals surface area contributed by atoms with E-state index in [1.165, 1.54) is 0 Å². The van der Waals surface area contributed by atoms with Gasteiger partial charge in [0.15, 0.2) is 0 Å². The lowest BCUT2D eigenvalue weighted by atomic mass is 10.3. The van der Waals surface area contributed by atoms with Crippen LogP contribution in [0.25, 0.3) is 0 Å². The average molecular weight is 152 g/mol. The number of alkyl halides is 1. The molecule has 0 aliphatic carbocycles. The van der Waals surface area contributed by atoms with Gasteiger partial charge in [0.1, 0.15) is 6.10 Å². The van der Waals surface area contributed by atoms with Crippen LogP contribution < -0.4 is 0 Å². The number of hydrogen-bond donors (Lipinski definition) is 0. The summed E-state index contributed by atoms with van der Waals surface area (Å²) in [6.07, 6.45) is -0.481. The zero-order chi connectivity index (χ0) is 5.15. The third kappa shape index (κ3) is 2.67. The van der Waals surface area contributed by atoms with Crippen LogP contribution in [0.15, 0.2) is 0 Å². The highest BCUT2D eigenvalue weighted by Crippen LogP contribution is 2.01. The highest BCUT2D eigenvalue weighted by atomic mass is 79.9. The normalized spacial score (nSPS) is 20.0. The molecular weight excluding hydrogens is 144 g/mol. The molecule has 0 heterocycles. The van der Waals surface area contributed by atoms with Crippen molar-refractivity contribution in [2.75, 3.05) is 0 Å². The number of halogens is 1. The summed E-state index contributed by atoms with van der Waals surface area (Å²) in [6.45, 7) is 3.48. The summed E-state index contributed by atoms with van der Waals surface area (Å²) in [6, 6.07) is 0. The van der Waals surface area contributed by atoms with Crippen LogP contribution in [0, 0.1) is 0 Å². The fraction of sp³-hybridized carbons (Fsp3) is 1.00. The van der Waals surface area contributed by atoms with E-state index < -0.39 is 6.10 Å². The first-order chi connectivity index (χ1) is 2.64. The lowest BCUT2D eigenvalue weighted by Crippen LogP contribution is -2.08. The minimum absolute atomic E-state index is 0.109. The predicted molar refractivity (Wildman–Crippen MR) is 28.5 cm³/mol. The molecule has 0 saturated heterocycles. The molecular formula is C4H8BrO. The molecule has 6 heavy (non-hydrogen) atoms. The summed E-state index contributed by atoms with van der Waals surface area (Å²) in [7, 11) is 0. The summed E-state index contributed by atoms with van der Waals surface area (Å²) in [5, 5.41) is 10.2. The van der Waals surface area contributed by atoms with Crippen molar-refractivity contribution < 1.29 is 5.11 Å². The van der Waals surface area contributed by atoms with E-state index in [4.69, 9.17) is 0 Å². The SMILES string of the molecule is CC([O])C(C)Br. The fourth-order valence-electron chi connectivity index (χ4n) is 0. The van der Waals surface area contributed by atoms with Gasteiger partial charge in [-0.2, -0.15) is 0 Å². The summed E-state index contributed by atoms with van der Waals surface area (Å²) in [4.78, 5) is 0.109. The van der Waals surface area contributed by atoms with Crippen LogP contribution in [0.4, 0.5) is 0 Å². The molecule has 0 amide bonds. The molecule has 0 fully saturated rings. The monoisotopic (exact) mass is 151 g/mol. The average Bonchev–Trinajstić information content (AvgIpc) is 1.36. The second-order valence-electron chi connectivity index (χ2n) is 1.38. The molecule has 0 bridgehead atoms. The Kier molecular flexibility index (Phi) is 2.78. The maximum Gasteiger partial charge on any atom is 0.102 e. The second kappa shape index (κ2) is 2.59. The Morgan fingerprint density at radius 2 is 1.67 bits per heavy atom. The molecule has 0 aliphatic heterocycles. The largest absolute Gasteiger partial charge is 0.232 e. The van der Waals surface area contributed by atoms with Gasteiger partial charge in [-0.15, -0.1) is 0 Å². The zero-order valence-electron chi connectivity index (χ0n) is 3.94. The first-order valence-corrected chi connectivity index (χ1v) is 2.86. The molecule has 2 unspecified atom stereocenters. The van der Waals surface area contributed by atoms with E-state index in [9.17, 15) is 5.11 Å². The van der Waals surface area contributed by atoms with Crippen LogP contribution in [0.2, 0.25) is 0 Å². The Labute approximate surface area is 46.5 Å². The van der Waals surface area contributed by atoms with Crippen molar-refractivity contribution in [1.82, 2.24) is 0 Å². The van der Waals surface area contributed by atoms with Crippen LogP contribution in [-0.4, -0.2) is 10.9 Å². The molecule has 0 aromatic heterocycles. The molecule has 0 spiro atoms. The fourth-order valence-corrected chi connectivity index (χ4v) is 0. The topological polar surface area (TPSA) is 19.9 Å². The highest BCUT2D eigenvalue weighted by Gasteiger charge is 2.02. The third-order valence-electron chi connectivity index (χ3n) is 0.647. The molecule has 37 valence electrons. The molecule has 0 aromatic carbocycles. The van der Waals surface area contributed by atoms with E-state index in [2.05, 4.69) is 15.9 Å². The quantitative estimate of drug-likeness (QED) is 0.508. The molecule has 0 aromatic rings. The van der Waals surface area contributed by atoms with Crippen molar-refractivity contribution in [3.8, 4) is 0 Å². The number of hydrogen-bond acceptors (Lipinski definition) is 0. The summed E-state index contributed by atoms with van der Waals surface area (Å²) < 4.78 is 0. The van der Waals surface area contributed by atoms with E-state index in [1.807, 2.05) is 6.92 Å². The standard InChI is InChI=1S/C4H8BrO/c1-3(5)4(2)6/h3-4H,1-2H3. The third-order valence-corrected chi connectivity index (χ3v) is 1.39. The summed E-state index contributed by atoms with van der Waals surface area (Å²) in [5.41, 5.74) is 0. The molecule has 2 heteroatoms. The minimum atomic E-state index is -0.481. The molecule has 0 saturated carbocycles. The highest BCUT2D eigenvalue weighted by molar-refractivity contribution is 9.09. The van der Waals surface area contributed by atoms with Crippen LogP contribution in [0.1, 0.15) is 13.8 Å². The first-order valence-electron chi connectivity index (χ1n) is 1.94. The Balaban J connectivity index is 2.99. The van der Waals surface area contributed by atoms with Crippen molar-refractivity contribution in [1.29, 1.82) is 0 Å². The van der Waals surface area contributed by atoms with E-state index in [0.717, 1.165) is 0 Å². The van der Waals surface area contributed by atoms with Crippen molar-refractivity contribution in [2.24, 2.45) is 0 Å². The Bertz CT molecular complexity index is 28.5. The van der Waals surface area contributed by atoms with Gasteiger partial charge in [-0.25, -0.2) is 5.11 Å². The smallest absolute Gasteiger partial charge is 0.102 e. The minimum Gasteiger partial charge on any atom is -0.232 e. The van der Waals surface area contributed by atoms with E-state index in [0.29, 0.717) is 0 Å². The second-order valence-corrected chi connectivity index (χ2v) is 2.83. The van der Waals surface area contributed by atoms with Crippen molar-refractivity contribution in [3.63, 3.8) is 0 Å². The first kappa shape index (κ1) is 6.44. The zero-order valence-corrected chi connectivity index (χ0v) is 5.53. The summed E-state index contributed by atoms with van der Waals surface area (Å²) in [5.74, 6) is 0. The van der Waals surface area contributed by atoms with Gasteiger partial charge in [0.25, 0.3) is 0 Å². The summed E-state index contributed by atoms with van der Waals surface area (Å²) >= 11 is 3.13. The van der Waals surface area contributed by atoms with Crippen LogP contribution in [0.5, 0.6) is 0 Å².